The molecule has 1 aromatic heterocycles. The Morgan fingerprint density at radius 2 is 2.22 bits per heavy atom. The molecule has 2 rings (SSSR count). The molecule has 1 N–H and O–H groups in total. The number of hydrogen-bond donors (Lipinski definition) is 1. The van der Waals surface area contributed by atoms with Gasteiger partial charge in [0.25, 0.3) is 5.91 Å². The largest absolute Gasteiger partial charge is 0.390 e. The van der Waals surface area contributed by atoms with Crippen LogP contribution in [0, 0.1) is 0 Å². The maximum absolute atomic E-state index is 11.9. The van der Waals surface area contributed by atoms with Crippen molar-refractivity contribution in [2.24, 2.45) is 0 Å². The van der Waals surface area contributed by atoms with Crippen LogP contribution in [0.15, 0.2) is 29.6 Å². The van der Waals surface area contributed by atoms with Gasteiger partial charge in [0.05, 0.1) is 12.3 Å². The molecule has 2 aromatic rings. The van der Waals surface area contributed by atoms with Crippen LogP contribution in [0.25, 0.3) is 10.6 Å². The van der Waals surface area contributed by atoms with E-state index in [-0.39, 0.29) is 12.5 Å². The smallest absolute Gasteiger partial charge is 0.253 e. The summed E-state index contributed by atoms with van der Waals surface area (Å²) in [5.41, 5.74) is 2.19. The Morgan fingerprint density at radius 3 is 2.83 bits per heavy atom. The molecular weight excluding hydrogens is 248 g/mol. The molecule has 0 spiro atoms. The lowest BCUT2D eigenvalue weighted by Gasteiger charge is -2.10. The summed E-state index contributed by atoms with van der Waals surface area (Å²) in [6.07, 6.45) is 0. The monoisotopic (exact) mass is 262 g/mol. The van der Waals surface area contributed by atoms with Gasteiger partial charge in [0.1, 0.15) is 5.01 Å². The van der Waals surface area contributed by atoms with E-state index in [1.807, 2.05) is 23.6 Å². The first kappa shape index (κ1) is 12.7. The Balaban J connectivity index is 2.35. The van der Waals surface area contributed by atoms with Gasteiger partial charge in [0.15, 0.2) is 0 Å². The highest BCUT2D eigenvalue weighted by atomic mass is 32.1. The third kappa shape index (κ3) is 2.57. The summed E-state index contributed by atoms with van der Waals surface area (Å²) in [5.74, 6) is -0.0317. The van der Waals surface area contributed by atoms with Crippen molar-refractivity contribution in [3.05, 3.63) is 40.9 Å². The average molecular weight is 262 g/mol. The zero-order valence-corrected chi connectivity index (χ0v) is 11.1. The number of benzene rings is 1. The Morgan fingerprint density at radius 1 is 1.44 bits per heavy atom. The summed E-state index contributed by atoms with van der Waals surface area (Å²) < 4.78 is 0. The lowest BCUT2D eigenvalue weighted by Crippen LogP contribution is -2.21. The third-order valence-electron chi connectivity index (χ3n) is 2.48. The van der Waals surface area contributed by atoms with Crippen LogP contribution in [-0.4, -0.2) is 35.0 Å². The number of nitrogens with zero attached hydrogens (tertiary/aromatic N) is 2. The number of aromatic nitrogens is 1. The standard InChI is InChI=1S/C13H14N2O2S/c1-15(2)13(17)10-5-3-4-9(6-10)12-14-11(7-16)8-18-12/h3-6,8,16H,7H2,1-2H3. The molecule has 1 heterocycles. The molecule has 0 aliphatic heterocycles. The van der Waals surface area contributed by atoms with E-state index in [1.165, 1.54) is 11.3 Å². The fourth-order valence-electron chi connectivity index (χ4n) is 1.56. The van der Waals surface area contributed by atoms with E-state index in [4.69, 9.17) is 5.11 Å². The van der Waals surface area contributed by atoms with Gasteiger partial charge in [-0.25, -0.2) is 4.98 Å². The van der Waals surface area contributed by atoms with E-state index in [2.05, 4.69) is 4.98 Å². The molecule has 0 radical (unpaired) electrons. The number of amides is 1. The molecule has 0 aliphatic rings. The first-order valence-corrected chi connectivity index (χ1v) is 6.37. The third-order valence-corrected chi connectivity index (χ3v) is 3.42. The Bertz CT molecular complexity index is 564. The van der Waals surface area contributed by atoms with Crippen LogP contribution < -0.4 is 0 Å². The molecule has 4 nitrogen and oxygen atoms in total. The minimum Gasteiger partial charge on any atom is -0.390 e. The van der Waals surface area contributed by atoms with Gasteiger partial charge in [-0.05, 0) is 12.1 Å². The molecule has 0 unspecified atom stereocenters. The summed E-state index contributed by atoms with van der Waals surface area (Å²) in [6.45, 7) is -0.0627. The predicted octanol–water partition coefficient (Wildman–Crippen LogP) is 2.00. The van der Waals surface area contributed by atoms with Crippen molar-refractivity contribution in [1.82, 2.24) is 9.88 Å². The van der Waals surface area contributed by atoms with Crippen LogP contribution in [0.3, 0.4) is 0 Å². The van der Waals surface area contributed by atoms with Gasteiger partial charge < -0.3 is 10.0 Å². The number of hydrogen-bond acceptors (Lipinski definition) is 4. The Labute approximate surface area is 110 Å². The van der Waals surface area contributed by atoms with Crippen LogP contribution in [-0.2, 0) is 6.61 Å². The van der Waals surface area contributed by atoms with E-state index in [0.717, 1.165) is 10.6 Å². The Hall–Kier alpha value is -1.72. The molecule has 0 saturated carbocycles. The second-order valence-corrected chi connectivity index (χ2v) is 4.94. The van der Waals surface area contributed by atoms with Gasteiger partial charge in [-0.1, -0.05) is 12.1 Å². The van der Waals surface area contributed by atoms with Gasteiger partial charge in [-0.3, -0.25) is 4.79 Å². The normalized spacial score (nSPS) is 10.4. The fourth-order valence-corrected chi connectivity index (χ4v) is 2.36. The molecular formula is C13H14N2O2S. The van der Waals surface area contributed by atoms with Gasteiger partial charge in [-0.15, -0.1) is 11.3 Å². The number of aliphatic hydroxyl groups is 1. The predicted molar refractivity (Wildman–Crippen MR) is 71.5 cm³/mol. The highest BCUT2D eigenvalue weighted by molar-refractivity contribution is 7.13. The van der Waals surface area contributed by atoms with Gasteiger partial charge >= 0.3 is 0 Å². The number of rotatable bonds is 3. The van der Waals surface area contributed by atoms with Gasteiger partial charge in [0.2, 0.25) is 0 Å². The van der Waals surface area contributed by atoms with Crippen LogP contribution in [0.5, 0.6) is 0 Å². The molecule has 18 heavy (non-hydrogen) atoms. The van der Waals surface area contributed by atoms with E-state index >= 15 is 0 Å². The second kappa shape index (κ2) is 5.29. The summed E-state index contributed by atoms with van der Waals surface area (Å²) >= 11 is 1.46. The maximum atomic E-state index is 11.9. The zero-order chi connectivity index (χ0) is 13.1. The molecule has 94 valence electrons. The van der Waals surface area contributed by atoms with Crippen molar-refractivity contribution in [1.29, 1.82) is 0 Å². The van der Waals surface area contributed by atoms with E-state index in [0.29, 0.717) is 11.3 Å². The summed E-state index contributed by atoms with van der Waals surface area (Å²) in [4.78, 5) is 17.7. The number of carbonyl (C=O) groups is 1. The van der Waals surface area contributed by atoms with Crippen LogP contribution in [0.2, 0.25) is 0 Å². The van der Waals surface area contributed by atoms with Crippen molar-refractivity contribution in [2.75, 3.05) is 14.1 Å². The minimum absolute atomic E-state index is 0.0317. The zero-order valence-electron chi connectivity index (χ0n) is 10.3. The summed E-state index contributed by atoms with van der Waals surface area (Å²) in [6, 6.07) is 7.35. The maximum Gasteiger partial charge on any atom is 0.253 e. The number of aliphatic hydroxyl groups excluding tert-OH is 1. The molecule has 0 saturated heterocycles. The van der Waals surface area contributed by atoms with E-state index < -0.39 is 0 Å². The molecule has 1 amide bonds. The molecule has 0 fully saturated rings. The van der Waals surface area contributed by atoms with Crippen LogP contribution in [0.4, 0.5) is 0 Å². The van der Waals surface area contributed by atoms with Crippen molar-refractivity contribution >= 4 is 17.2 Å². The lowest BCUT2D eigenvalue weighted by atomic mass is 10.1. The quantitative estimate of drug-likeness (QED) is 0.920. The van der Waals surface area contributed by atoms with Crippen LogP contribution in [0.1, 0.15) is 16.1 Å². The summed E-state index contributed by atoms with van der Waals surface area (Å²) in [7, 11) is 3.45. The van der Waals surface area contributed by atoms with Crippen molar-refractivity contribution in [3.63, 3.8) is 0 Å². The minimum atomic E-state index is -0.0627. The first-order valence-electron chi connectivity index (χ1n) is 5.49. The van der Waals surface area contributed by atoms with Gasteiger partial charge in [0, 0.05) is 30.6 Å². The van der Waals surface area contributed by atoms with Crippen molar-refractivity contribution in [3.8, 4) is 10.6 Å². The molecule has 5 heteroatoms. The number of carbonyl (C=O) groups excluding carboxylic acids is 1. The van der Waals surface area contributed by atoms with Crippen LogP contribution >= 0.6 is 11.3 Å². The molecule has 1 aromatic carbocycles. The van der Waals surface area contributed by atoms with Crippen molar-refractivity contribution < 1.29 is 9.90 Å². The fraction of sp³-hybridized carbons (Fsp3) is 0.231. The summed E-state index contributed by atoms with van der Waals surface area (Å²) in [5, 5.41) is 11.6. The van der Waals surface area contributed by atoms with E-state index in [9.17, 15) is 4.79 Å². The topological polar surface area (TPSA) is 53.4 Å². The molecule has 0 bridgehead atoms. The second-order valence-electron chi connectivity index (χ2n) is 4.08. The van der Waals surface area contributed by atoms with E-state index in [1.54, 1.807) is 25.1 Å². The SMILES string of the molecule is CN(C)C(=O)c1cccc(-c2nc(CO)cs2)c1. The lowest BCUT2D eigenvalue weighted by molar-refractivity contribution is 0.0827. The van der Waals surface area contributed by atoms with Gasteiger partial charge in [-0.2, -0.15) is 0 Å². The molecule has 0 aliphatic carbocycles. The van der Waals surface area contributed by atoms with Crippen molar-refractivity contribution in [2.45, 2.75) is 6.61 Å². The number of thiazole rings is 1. The average Bonchev–Trinajstić information content (AvgIpc) is 2.86. The molecule has 0 atom stereocenters. The first-order chi connectivity index (χ1) is 8.61. The Kier molecular flexibility index (Phi) is 3.74. The highest BCUT2D eigenvalue weighted by Crippen LogP contribution is 2.24. The highest BCUT2D eigenvalue weighted by Gasteiger charge is 2.10.